The quantitative estimate of drug-likeness (QED) is 0.891. The molecule has 0 saturated heterocycles. The normalized spacial score (nSPS) is 12.0. The summed E-state index contributed by atoms with van der Waals surface area (Å²) in [6, 6.07) is 9.89. The summed E-state index contributed by atoms with van der Waals surface area (Å²) in [7, 11) is 0. The minimum absolute atomic E-state index is 0.0404. The molecule has 5 heteroatoms. The summed E-state index contributed by atoms with van der Waals surface area (Å²) >= 11 is 3.39. The van der Waals surface area contributed by atoms with Gasteiger partial charge in [-0.25, -0.2) is 8.78 Å². The van der Waals surface area contributed by atoms with Crippen molar-refractivity contribution in [3.63, 3.8) is 0 Å². The van der Waals surface area contributed by atoms with Crippen molar-refractivity contribution in [2.24, 2.45) is 0 Å². The molecular weight excluding hydrogens is 328 g/mol. The fourth-order valence-electron chi connectivity index (χ4n) is 1.87. The molecule has 0 heterocycles. The molecule has 1 amide bonds. The average Bonchev–Trinajstić information content (AvgIpc) is 2.37. The molecule has 1 N–H and O–H groups in total. The largest absolute Gasteiger partial charge is 0.345 e. The SMILES string of the molecule is C[C@H](NC(=O)c1cc(F)cc(F)c1)c1ccccc1Br. The Kier molecular flexibility index (Phi) is 4.49. The molecule has 0 aromatic heterocycles. The molecule has 0 unspecified atom stereocenters. The van der Waals surface area contributed by atoms with Gasteiger partial charge in [0, 0.05) is 16.1 Å². The topological polar surface area (TPSA) is 29.1 Å². The number of carbonyl (C=O) groups is 1. The molecule has 0 fully saturated rings. The van der Waals surface area contributed by atoms with Gasteiger partial charge in [-0.15, -0.1) is 0 Å². The molecular formula is C15H12BrF2NO. The molecule has 2 rings (SSSR count). The predicted molar refractivity (Wildman–Crippen MR) is 76.4 cm³/mol. The Balaban J connectivity index is 2.17. The van der Waals surface area contributed by atoms with E-state index in [2.05, 4.69) is 21.2 Å². The van der Waals surface area contributed by atoms with Crippen molar-refractivity contribution in [3.8, 4) is 0 Å². The molecule has 0 spiro atoms. The third-order valence-electron chi connectivity index (χ3n) is 2.84. The van der Waals surface area contributed by atoms with Gasteiger partial charge in [0.05, 0.1) is 6.04 Å². The first-order valence-corrected chi connectivity index (χ1v) is 6.78. The van der Waals surface area contributed by atoms with Crippen molar-refractivity contribution in [1.82, 2.24) is 5.32 Å². The van der Waals surface area contributed by atoms with Crippen LogP contribution in [-0.2, 0) is 0 Å². The Labute approximate surface area is 123 Å². The fourth-order valence-corrected chi connectivity index (χ4v) is 2.50. The lowest BCUT2D eigenvalue weighted by Gasteiger charge is -2.16. The molecule has 2 aromatic carbocycles. The first-order chi connectivity index (χ1) is 9.47. The van der Waals surface area contributed by atoms with E-state index in [9.17, 15) is 13.6 Å². The first kappa shape index (κ1) is 14.7. The monoisotopic (exact) mass is 339 g/mol. The van der Waals surface area contributed by atoms with Gasteiger partial charge >= 0.3 is 0 Å². The Bertz CT molecular complexity index is 625. The van der Waals surface area contributed by atoms with Crippen molar-refractivity contribution >= 4 is 21.8 Å². The second-order valence-electron chi connectivity index (χ2n) is 4.37. The molecule has 20 heavy (non-hydrogen) atoms. The number of hydrogen-bond acceptors (Lipinski definition) is 1. The third kappa shape index (κ3) is 3.42. The highest BCUT2D eigenvalue weighted by molar-refractivity contribution is 9.10. The number of carbonyl (C=O) groups excluding carboxylic acids is 1. The predicted octanol–water partition coefficient (Wildman–Crippen LogP) is 4.22. The summed E-state index contributed by atoms with van der Waals surface area (Å²) in [5.41, 5.74) is 0.846. The molecule has 0 bridgehead atoms. The molecule has 2 aromatic rings. The van der Waals surface area contributed by atoms with Gasteiger partial charge in [-0.3, -0.25) is 4.79 Å². The van der Waals surface area contributed by atoms with Crippen LogP contribution in [0.3, 0.4) is 0 Å². The standard InChI is InChI=1S/C15H12BrF2NO/c1-9(13-4-2-3-5-14(13)16)19-15(20)10-6-11(17)8-12(18)7-10/h2-9H,1H3,(H,19,20)/t9-/m0/s1. The second kappa shape index (κ2) is 6.13. The number of amides is 1. The molecule has 0 radical (unpaired) electrons. The van der Waals surface area contributed by atoms with Crippen LogP contribution in [0.4, 0.5) is 8.78 Å². The van der Waals surface area contributed by atoms with Crippen LogP contribution in [0.1, 0.15) is 28.9 Å². The van der Waals surface area contributed by atoms with Gasteiger partial charge in [-0.05, 0) is 30.7 Å². The van der Waals surface area contributed by atoms with Crippen molar-refractivity contribution < 1.29 is 13.6 Å². The van der Waals surface area contributed by atoms with Crippen molar-refractivity contribution in [2.75, 3.05) is 0 Å². The van der Waals surface area contributed by atoms with Crippen LogP contribution < -0.4 is 5.32 Å². The van der Waals surface area contributed by atoms with E-state index >= 15 is 0 Å². The smallest absolute Gasteiger partial charge is 0.251 e. The van der Waals surface area contributed by atoms with Gasteiger partial charge in [-0.1, -0.05) is 34.1 Å². The van der Waals surface area contributed by atoms with E-state index in [-0.39, 0.29) is 11.6 Å². The maximum Gasteiger partial charge on any atom is 0.251 e. The van der Waals surface area contributed by atoms with E-state index in [0.29, 0.717) is 0 Å². The van der Waals surface area contributed by atoms with Crippen LogP contribution in [0.2, 0.25) is 0 Å². The molecule has 0 aliphatic carbocycles. The van der Waals surface area contributed by atoms with Crippen LogP contribution in [-0.4, -0.2) is 5.91 Å². The summed E-state index contributed by atoms with van der Waals surface area (Å²) in [5, 5.41) is 2.71. The molecule has 2 nitrogen and oxygen atoms in total. The summed E-state index contributed by atoms with van der Waals surface area (Å²) in [6.45, 7) is 1.80. The van der Waals surface area contributed by atoms with Gasteiger partial charge in [0.15, 0.2) is 0 Å². The minimum atomic E-state index is -0.774. The van der Waals surface area contributed by atoms with Crippen molar-refractivity contribution in [3.05, 3.63) is 69.7 Å². The lowest BCUT2D eigenvalue weighted by Crippen LogP contribution is -2.27. The first-order valence-electron chi connectivity index (χ1n) is 5.99. The fraction of sp³-hybridized carbons (Fsp3) is 0.133. The number of benzene rings is 2. The van der Waals surface area contributed by atoms with E-state index in [1.807, 2.05) is 24.3 Å². The lowest BCUT2D eigenvalue weighted by molar-refractivity contribution is 0.0939. The highest BCUT2D eigenvalue weighted by atomic mass is 79.9. The Morgan fingerprint density at radius 2 is 1.75 bits per heavy atom. The van der Waals surface area contributed by atoms with E-state index < -0.39 is 17.5 Å². The van der Waals surface area contributed by atoms with E-state index in [1.54, 1.807) is 6.92 Å². The zero-order valence-electron chi connectivity index (χ0n) is 10.7. The second-order valence-corrected chi connectivity index (χ2v) is 5.23. The number of nitrogens with one attached hydrogen (secondary N) is 1. The van der Waals surface area contributed by atoms with Gasteiger partial charge in [0.25, 0.3) is 5.91 Å². The summed E-state index contributed by atoms with van der Waals surface area (Å²) in [6.07, 6.45) is 0. The molecule has 1 atom stereocenters. The summed E-state index contributed by atoms with van der Waals surface area (Å²) < 4.78 is 27.0. The number of hydrogen-bond donors (Lipinski definition) is 1. The van der Waals surface area contributed by atoms with Crippen LogP contribution >= 0.6 is 15.9 Å². The van der Waals surface area contributed by atoms with Crippen molar-refractivity contribution in [1.29, 1.82) is 0 Å². The summed E-state index contributed by atoms with van der Waals surface area (Å²) in [5.74, 6) is -2.07. The van der Waals surface area contributed by atoms with Crippen LogP contribution in [0, 0.1) is 11.6 Å². The summed E-state index contributed by atoms with van der Waals surface area (Å²) in [4.78, 5) is 12.0. The van der Waals surface area contributed by atoms with E-state index in [0.717, 1.165) is 28.2 Å². The van der Waals surface area contributed by atoms with Crippen molar-refractivity contribution in [2.45, 2.75) is 13.0 Å². The molecule has 0 saturated carbocycles. The average molecular weight is 340 g/mol. The molecule has 0 aliphatic heterocycles. The number of halogens is 3. The Morgan fingerprint density at radius 3 is 2.35 bits per heavy atom. The highest BCUT2D eigenvalue weighted by Crippen LogP contribution is 2.23. The molecule has 104 valence electrons. The zero-order valence-corrected chi connectivity index (χ0v) is 12.2. The van der Waals surface area contributed by atoms with Crippen LogP contribution in [0.5, 0.6) is 0 Å². The Hall–Kier alpha value is -1.75. The highest BCUT2D eigenvalue weighted by Gasteiger charge is 2.14. The molecule has 0 aliphatic rings. The maximum absolute atomic E-state index is 13.1. The van der Waals surface area contributed by atoms with Crippen LogP contribution in [0.15, 0.2) is 46.9 Å². The van der Waals surface area contributed by atoms with Gasteiger partial charge in [0.2, 0.25) is 0 Å². The van der Waals surface area contributed by atoms with Gasteiger partial charge in [-0.2, -0.15) is 0 Å². The number of rotatable bonds is 3. The van der Waals surface area contributed by atoms with Gasteiger partial charge < -0.3 is 5.32 Å². The Morgan fingerprint density at radius 1 is 1.15 bits per heavy atom. The van der Waals surface area contributed by atoms with Crippen LogP contribution in [0.25, 0.3) is 0 Å². The van der Waals surface area contributed by atoms with E-state index in [1.165, 1.54) is 0 Å². The maximum atomic E-state index is 13.1. The third-order valence-corrected chi connectivity index (χ3v) is 3.57. The van der Waals surface area contributed by atoms with Gasteiger partial charge in [0.1, 0.15) is 11.6 Å². The zero-order chi connectivity index (χ0) is 14.7. The lowest BCUT2D eigenvalue weighted by atomic mass is 10.1. The van der Waals surface area contributed by atoms with E-state index in [4.69, 9.17) is 0 Å². The minimum Gasteiger partial charge on any atom is -0.345 e.